The molecule has 2 aromatic heterocycles. The summed E-state index contributed by atoms with van der Waals surface area (Å²) in [5.41, 5.74) is 0.659. The van der Waals surface area contributed by atoms with Crippen LogP contribution in [0.15, 0.2) is 24.4 Å². The van der Waals surface area contributed by atoms with Crippen LogP contribution in [0.5, 0.6) is 0 Å². The van der Waals surface area contributed by atoms with E-state index in [9.17, 15) is 4.79 Å². The van der Waals surface area contributed by atoms with Gasteiger partial charge in [-0.25, -0.2) is 14.8 Å². The number of aromatic nitrogens is 3. The summed E-state index contributed by atoms with van der Waals surface area (Å²) in [5.74, 6) is 0.279. The molecule has 2 rings (SSSR count). The Morgan fingerprint density at radius 2 is 2.12 bits per heavy atom. The van der Waals surface area contributed by atoms with Crippen LogP contribution in [0.1, 0.15) is 23.4 Å². The van der Waals surface area contributed by atoms with E-state index in [1.54, 1.807) is 24.6 Å². The van der Waals surface area contributed by atoms with E-state index in [-0.39, 0.29) is 26.0 Å². The van der Waals surface area contributed by atoms with Crippen LogP contribution in [0.3, 0.4) is 0 Å². The molecule has 84 valence electrons. The molecule has 1 N–H and O–H groups in total. The number of hydrogen-bond acceptors (Lipinski definition) is 3. The topological polar surface area (TPSA) is 68.0 Å². The number of pyridine rings is 1. The van der Waals surface area contributed by atoms with E-state index >= 15 is 0 Å². The molecule has 6 heteroatoms. The molecule has 17 heavy (non-hydrogen) atoms. The fraction of sp³-hybridized carbons (Fsp3) is 0.182. The van der Waals surface area contributed by atoms with Crippen molar-refractivity contribution in [2.45, 2.75) is 13.8 Å². The predicted octanol–water partition coefficient (Wildman–Crippen LogP) is -1.30. The van der Waals surface area contributed by atoms with Gasteiger partial charge in [0.05, 0.1) is 5.69 Å². The Hall–Kier alpha value is -1.57. The molecule has 2 aromatic rings. The van der Waals surface area contributed by atoms with Crippen LogP contribution in [0.25, 0.3) is 5.82 Å². The summed E-state index contributed by atoms with van der Waals surface area (Å²) in [6, 6.07) is 5.47. The van der Waals surface area contributed by atoms with Crippen molar-refractivity contribution in [1.82, 2.24) is 14.5 Å². The summed E-state index contributed by atoms with van der Waals surface area (Å²) in [6.07, 6.45) is 1.66. The number of carboxylic acids is 1. The largest absolute Gasteiger partial charge is 1.00 e. The van der Waals surface area contributed by atoms with E-state index in [4.69, 9.17) is 5.11 Å². The third-order valence-corrected chi connectivity index (χ3v) is 2.36. The van der Waals surface area contributed by atoms with E-state index < -0.39 is 5.97 Å². The Kier molecular flexibility index (Phi) is 4.10. The van der Waals surface area contributed by atoms with Crippen LogP contribution in [-0.4, -0.2) is 25.6 Å². The number of nitrogens with zero attached hydrogens (tertiary/aromatic N) is 3. The van der Waals surface area contributed by atoms with Gasteiger partial charge in [0.2, 0.25) is 0 Å². The van der Waals surface area contributed by atoms with Gasteiger partial charge in [-0.05, 0) is 26.0 Å². The SMILES string of the molecule is Cc1nc(C(=O)O)c(C)n1-c1ccccn1.[H-].[Li+]. The normalized spacial score (nSPS) is 9.76. The molecule has 2 heterocycles. The van der Waals surface area contributed by atoms with Crippen LogP contribution in [-0.2, 0) is 0 Å². The van der Waals surface area contributed by atoms with Gasteiger partial charge in [-0.2, -0.15) is 0 Å². The van der Waals surface area contributed by atoms with Crippen molar-refractivity contribution in [3.05, 3.63) is 41.6 Å². The number of aryl methyl sites for hydroxylation is 1. The maximum Gasteiger partial charge on any atom is 1.00 e. The molecule has 5 nitrogen and oxygen atoms in total. The fourth-order valence-corrected chi connectivity index (χ4v) is 1.67. The van der Waals surface area contributed by atoms with Crippen molar-refractivity contribution in [2.75, 3.05) is 0 Å². The zero-order valence-corrected chi connectivity index (χ0v) is 10.0. The van der Waals surface area contributed by atoms with E-state index in [1.165, 1.54) is 0 Å². The first-order valence-electron chi connectivity index (χ1n) is 4.82. The van der Waals surface area contributed by atoms with E-state index in [0.29, 0.717) is 17.3 Å². The maximum absolute atomic E-state index is 10.9. The monoisotopic (exact) mass is 225 g/mol. The molecule has 0 atom stereocenters. The molecule has 0 amide bonds. The second-order valence-electron chi connectivity index (χ2n) is 3.42. The van der Waals surface area contributed by atoms with Gasteiger partial charge in [-0.3, -0.25) is 4.57 Å². The summed E-state index contributed by atoms with van der Waals surface area (Å²) in [4.78, 5) is 19.1. The van der Waals surface area contributed by atoms with Crippen LogP contribution in [0.2, 0.25) is 0 Å². The fourth-order valence-electron chi connectivity index (χ4n) is 1.67. The zero-order chi connectivity index (χ0) is 11.7. The van der Waals surface area contributed by atoms with Crippen LogP contribution < -0.4 is 18.9 Å². The van der Waals surface area contributed by atoms with Crippen molar-refractivity contribution in [3.8, 4) is 5.82 Å². The Morgan fingerprint density at radius 1 is 1.41 bits per heavy atom. The van der Waals surface area contributed by atoms with Crippen LogP contribution in [0.4, 0.5) is 0 Å². The van der Waals surface area contributed by atoms with Crippen molar-refractivity contribution in [3.63, 3.8) is 0 Å². The summed E-state index contributed by atoms with van der Waals surface area (Å²) >= 11 is 0. The Bertz CT molecular complexity index is 543. The van der Waals surface area contributed by atoms with Gasteiger partial charge in [0.1, 0.15) is 11.6 Å². The number of rotatable bonds is 2. The van der Waals surface area contributed by atoms with Crippen LogP contribution >= 0.6 is 0 Å². The summed E-state index contributed by atoms with van der Waals surface area (Å²) in [6.45, 7) is 3.48. The third kappa shape index (κ3) is 2.41. The number of carboxylic acid groups (broad SMARTS) is 1. The molecule has 0 aliphatic rings. The maximum atomic E-state index is 10.9. The van der Waals surface area contributed by atoms with E-state index in [1.807, 2.05) is 18.2 Å². The minimum Gasteiger partial charge on any atom is -1.00 e. The molecule has 0 spiro atoms. The minimum absolute atomic E-state index is 0. The number of aromatic carboxylic acids is 1. The van der Waals surface area contributed by atoms with Crippen molar-refractivity contribution in [1.29, 1.82) is 0 Å². The zero-order valence-electron chi connectivity index (χ0n) is 11.0. The van der Waals surface area contributed by atoms with Crippen molar-refractivity contribution >= 4 is 5.97 Å². The van der Waals surface area contributed by atoms with Crippen molar-refractivity contribution < 1.29 is 30.2 Å². The second-order valence-corrected chi connectivity index (χ2v) is 3.42. The van der Waals surface area contributed by atoms with Crippen LogP contribution in [0, 0.1) is 13.8 Å². The quantitative estimate of drug-likeness (QED) is 0.645. The Morgan fingerprint density at radius 3 is 2.59 bits per heavy atom. The summed E-state index contributed by atoms with van der Waals surface area (Å²) in [5, 5.41) is 8.95. The summed E-state index contributed by atoms with van der Waals surface area (Å²) < 4.78 is 1.73. The molecule has 0 aliphatic carbocycles. The third-order valence-electron chi connectivity index (χ3n) is 2.36. The molecule has 0 saturated carbocycles. The van der Waals surface area contributed by atoms with Gasteiger partial charge in [0.15, 0.2) is 5.69 Å². The molecule has 0 aromatic carbocycles. The first kappa shape index (κ1) is 13.5. The molecule has 0 saturated heterocycles. The predicted molar refractivity (Wildman–Crippen MR) is 58.9 cm³/mol. The average molecular weight is 225 g/mol. The van der Waals surface area contributed by atoms with E-state index in [0.717, 1.165) is 0 Å². The molecular formula is C11H12LiN3O2. The molecule has 0 fully saturated rings. The average Bonchev–Trinajstić information content (AvgIpc) is 2.56. The van der Waals surface area contributed by atoms with Gasteiger partial charge in [0.25, 0.3) is 0 Å². The first-order chi connectivity index (χ1) is 7.61. The molecule has 0 bridgehead atoms. The molecule has 0 aliphatic heterocycles. The number of carbonyl (C=O) groups is 1. The van der Waals surface area contributed by atoms with Crippen molar-refractivity contribution in [2.24, 2.45) is 0 Å². The number of hydrogen-bond donors (Lipinski definition) is 1. The first-order valence-corrected chi connectivity index (χ1v) is 4.82. The Labute approximate surface area is 112 Å². The standard InChI is InChI=1S/C11H11N3O2.Li.H/c1-7-10(11(15)16)13-8(2)14(7)9-5-3-4-6-12-9;;/h3-6H,1-2H3,(H,15,16);;/q;+1;-1. The van der Waals surface area contributed by atoms with Gasteiger partial charge in [-0.1, -0.05) is 6.07 Å². The minimum atomic E-state index is -1.02. The molecule has 0 radical (unpaired) electrons. The molecule has 0 unspecified atom stereocenters. The van der Waals surface area contributed by atoms with E-state index in [2.05, 4.69) is 9.97 Å². The smallest absolute Gasteiger partial charge is 1.00 e. The summed E-state index contributed by atoms with van der Waals surface area (Å²) in [7, 11) is 0. The van der Waals surface area contributed by atoms with Gasteiger partial charge in [-0.15, -0.1) is 0 Å². The van der Waals surface area contributed by atoms with Gasteiger partial charge >= 0.3 is 24.8 Å². The number of imidazole rings is 1. The molecular weight excluding hydrogens is 213 g/mol. The Balaban J connectivity index is 0.00000144. The second kappa shape index (κ2) is 5.17. The van der Waals surface area contributed by atoms with Gasteiger partial charge in [0, 0.05) is 6.20 Å². The van der Waals surface area contributed by atoms with Gasteiger partial charge < -0.3 is 6.53 Å².